The molecule has 8 nitrogen and oxygen atoms in total. The number of carbonyl (C=O) groups excluding carboxylic acids is 2. The minimum absolute atomic E-state index is 0.0301. The zero-order valence-corrected chi connectivity index (χ0v) is 20.3. The Labute approximate surface area is 211 Å². The van der Waals surface area contributed by atoms with Crippen molar-refractivity contribution in [2.75, 3.05) is 39.3 Å². The standard InChI is InChI=1S/C26H25FN4O4S/c27-20-5-1-3-18(15-20)25-22-8-14-36-23(22)7-9-30(25)17-24(32)28-10-12-29(13-11-28)26(33)19-4-2-6-21(16-19)31(34)35/h1-6,8,14-16,25H,7,9-13,17H2. The Morgan fingerprint density at radius 3 is 2.50 bits per heavy atom. The molecule has 1 atom stereocenters. The van der Waals surface area contributed by atoms with Crippen LogP contribution in [0.15, 0.2) is 60.0 Å². The number of benzene rings is 2. The van der Waals surface area contributed by atoms with E-state index in [1.807, 2.05) is 11.4 Å². The van der Waals surface area contributed by atoms with E-state index in [4.69, 9.17) is 0 Å². The van der Waals surface area contributed by atoms with Crippen molar-refractivity contribution >= 4 is 28.8 Å². The van der Waals surface area contributed by atoms with Crippen molar-refractivity contribution in [2.24, 2.45) is 0 Å². The van der Waals surface area contributed by atoms with Gasteiger partial charge in [-0.1, -0.05) is 18.2 Å². The number of hydrogen-bond donors (Lipinski definition) is 0. The van der Waals surface area contributed by atoms with E-state index in [0.29, 0.717) is 32.7 Å². The van der Waals surface area contributed by atoms with Gasteiger partial charge in [-0.25, -0.2) is 4.39 Å². The van der Waals surface area contributed by atoms with Crippen LogP contribution >= 0.6 is 11.3 Å². The van der Waals surface area contributed by atoms with E-state index in [1.165, 1.54) is 35.2 Å². The fourth-order valence-electron chi connectivity index (χ4n) is 4.97. The van der Waals surface area contributed by atoms with Crippen LogP contribution in [0.2, 0.25) is 0 Å². The molecule has 0 spiro atoms. The highest BCUT2D eigenvalue weighted by Crippen LogP contribution is 2.37. The van der Waals surface area contributed by atoms with Crippen LogP contribution in [-0.4, -0.2) is 70.7 Å². The second kappa shape index (κ2) is 10.2. The van der Waals surface area contributed by atoms with Crippen LogP contribution in [0.3, 0.4) is 0 Å². The predicted molar refractivity (Wildman–Crippen MR) is 133 cm³/mol. The fourth-order valence-corrected chi connectivity index (χ4v) is 5.88. The number of thiophene rings is 1. The fraction of sp³-hybridized carbons (Fsp3) is 0.308. The number of non-ortho nitro benzene ring substituents is 1. The molecule has 5 rings (SSSR count). The Morgan fingerprint density at radius 2 is 1.75 bits per heavy atom. The molecule has 2 aromatic carbocycles. The molecule has 0 bridgehead atoms. The van der Waals surface area contributed by atoms with E-state index < -0.39 is 4.92 Å². The molecule has 3 heterocycles. The Balaban J connectivity index is 1.24. The lowest BCUT2D eigenvalue weighted by Gasteiger charge is -2.39. The highest BCUT2D eigenvalue weighted by molar-refractivity contribution is 7.10. The number of halogens is 1. The highest BCUT2D eigenvalue weighted by Gasteiger charge is 2.33. The van der Waals surface area contributed by atoms with Crippen LogP contribution in [0.4, 0.5) is 10.1 Å². The summed E-state index contributed by atoms with van der Waals surface area (Å²) in [5.74, 6) is -0.610. The first-order chi connectivity index (χ1) is 17.4. The molecule has 36 heavy (non-hydrogen) atoms. The summed E-state index contributed by atoms with van der Waals surface area (Å²) in [7, 11) is 0. The van der Waals surface area contributed by atoms with Gasteiger partial charge in [-0.05, 0) is 47.2 Å². The minimum atomic E-state index is -0.524. The van der Waals surface area contributed by atoms with Gasteiger partial charge in [0.1, 0.15) is 5.82 Å². The molecule has 2 amide bonds. The predicted octanol–water partition coefficient (Wildman–Crippen LogP) is 3.73. The lowest BCUT2D eigenvalue weighted by Crippen LogP contribution is -2.53. The van der Waals surface area contributed by atoms with Crippen LogP contribution in [-0.2, 0) is 11.2 Å². The average molecular weight is 509 g/mol. The topological polar surface area (TPSA) is 87.0 Å². The van der Waals surface area contributed by atoms with Crippen molar-refractivity contribution in [3.05, 3.63) is 97.5 Å². The molecule has 2 aliphatic rings. The number of piperazine rings is 1. The van der Waals surface area contributed by atoms with Crippen molar-refractivity contribution in [3.8, 4) is 0 Å². The summed E-state index contributed by atoms with van der Waals surface area (Å²) < 4.78 is 14.0. The largest absolute Gasteiger partial charge is 0.338 e. The number of hydrogen-bond acceptors (Lipinski definition) is 6. The SMILES string of the molecule is O=C(CN1CCc2sccc2C1c1cccc(F)c1)N1CCN(C(=O)c2cccc([N+](=O)[O-])c2)CC1. The Morgan fingerprint density at radius 1 is 1.00 bits per heavy atom. The van der Waals surface area contributed by atoms with Gasteiger partial charge in [-0.15, -0.1) is 11.3 Å². The molecule has 10 heteroatoms. The highest BCUT2D eigenvalue weighted by atomic mass is 32.1. The van der Waals surface area contributed by atoms with Crippen molar-refractivity contribution in [1.29, 1.82) is 0 Å². The monoisotopic (exact) mass is 508 g/mol. The van der Waals surface area contributed by atoms with Gasteiger partial charge in [0.2, 0.25) is 5.91 Å². The van der Waals surface area contributed by atoms with Gasteiger partial charge in [0, 0.05) is 55.3 Å². The van der Waals surface area contributed by atoms with Gasteiger partial charge in [0.05, 0.1) is 17.5 Å². The zero-order valence-electron chi connectivity index (χ0n) is 19.5. The van der Waals surface area contributed by atoms with E-state index in [-0.39, 0.29) is 41.5 Å². The Bertz CT molecular complexity index is 1300. The molecule has 1 fully saturated rings. The lowest BCUT2D eigenvalue weighted by molar-refractivity contribution is -0.384. The summed E-state index contributed by atoms with van der Waals surface area (Å²) in [5.41, 5.74) is 2.09. The maximum absolute atomic E-state index is 14.0. The van der Waals surface area contributed by atoms with Gasteiger partial charge in [0.25, 0.3) is 11.6 Å². The third-order valence-corrected chi connectivity index (χ3v) is 7.79. The summed E-state index contributed by atoms with van der Waals surface area (Å²) >= 11 is 1.69. The van der Waals surface area contributed by atoms with Crippen LogP contribution in [0, 0.1) is 15.9 Å². The van der Waals surface area contributed by atoms with E-state index >= 15 is 0 Å². The third-order valence-electron chi connectivity index (χ3n) is 6.79. The third kappa shape index (κ3) is 4.87. The van der Waals surface area contributed by atoms with E-state index in [2.05, 4.69) is 11.0 Å². The lowest BCUT2D eigenvalue weighted by atomic mass is 9.93. The van der Waals surface area contributed by atoms with E-state index in [0.717, 1.165) is 17.5 Å². The molecule has 0 radical (unpaired) electrons. The molecule has 0 saturated carbocycles. The second-order valence-corrected chi connectivity index (χ2v) is 9.96. The Hall–Kier alpha value is -3.63. The van der Waals surface area contributed by atoms with Crippen molar-refractivity contribution in [1.82, 2.24) is 14.7 Å². The first-order valence-electron chi connectivity index (χ1n) is 11.8. The zero-order chi connectivity index (χ0) is 25.2. The quantitative estimate of drug-likeness (QED) is 0.387. The molecule has 1 aromatic heterocycles. The molecular weight excluding hydrogens is 483 g/mol. The molecule has 0 aliphatic carbocycles. The van der Waals surface area contributed by atoms with Crippen LogP contribution in [0.1, 0.15) is 32.4 Å². The van der Waals surface area contributed by atoms with Gasteiger partial charge < -0.3 is 9.80 Å². The number of carbonyl (C=O) groups is 2. The number of fused-ring (bicyclic) bond motifs is 1. The Kier molecular flexibility index (Phi) is 6.80. The number of nitro benzene ring substituents is 1. The summed E-state index contributed by atoms with van der Waals surface area (Å²) in [6.07, 6.45) is 0.845. The van der Waals surface area contributed by atoms with Gasteiger partial charge in [-0.2, -0.15) is 0 Å². The number of nitrogens with zero attached hydrogens (tertiary/aromatic N) is 4. The molecular formula is C26H25FN4O4S. The number of rotatable bonds is 5. The summed E-state index contributed by atoms with van der Waals surface area (Å²) in [6.45, 7) is 2.40. The van der Waals surface area contributed by atoms with Gasteiger partial charge >= 0.3 is 0 Å². The molecule has 1 unspecified atom stereocenters. The molecule has 0 N–H and O–H groups in total. The smallest absolute Gasteiger partial charge is 0.270 e. The van der Waals surface area contributed by atoms with Crippen LogP contribution in [0.25, 0.3) is 0 Å². The maximum atomic E-state index is 14.0. The second-order valence-electron chi connectivity index (χ2n) is 8.96. The average Bonchev–Trinajstić information content (AvgIpc) is 3.37. The summed E-state index contributed by atoms with van der Waals surface area (Å²) in [5, 5.41) is 13.1. The molecule has 186 valence electrons. The first-order valence-corrected chi connectivity index (χ1v) is 12.7. The molecule has 2 aliphatic heterocycles. The summed E-state index contributed by atoms with van der Waals surface area (Å²) in [4.78, 5) is 43.4. The minimum Gasteiger partial charge on any atom is -0.338 e. The van der Waals surface area contributed by atoms with Crippen LogP contribution in [0.5, 0.6) is 0 Å². The molecule has 3 aromatic rings. The maximum Gasteiger partial charge on any atom is 0.270 e. The van der Waals surface area contributed by atoms with Crippen molar-refractivity contribution in [2.45, 2.75) is 12.5 Å². The normalized spacial score (nSPS) is 18.1. The molecule has 1 saturated heterocycles. The van der Waals surface area contributed by atoms with Crippen LogP contribution < -0.4 is 0 Å². The van der Waals surface area contributed by atoms with Gasteiger partial charge in [0.15, 0.2) is 0 Å². The first kappa shape index (κ1) is 24.1. The van der Waals surface area contributed by atoms with E-state index in [1.54, 1.807) is 33.3 Å². The van der Waals surface area contributed by atoms with E-state index in [9.17, 15) is 24.1 Å². The van der Waals surface area contributed by atoms with Gasteiger partial charge in [-0.3, -0.25) is 24.6 Å². The number of amides is 2. The van der Waals surface area contributed by atoms with Crippen molar-refractivity contribution in [3.63, 3.8) is 0 Å². The summed E-state index contributed by atoms with van der Waals surface area (Å²) in [6, 6.07) is 14.1. The number of nitro groups is 1. The van der Waals surface area contributed by atoms with Crippen molar-refractivity contribution < 1.29 is 18.9 Å².